The van der Waals surface area contributed by atoms with E-state index in [0.717, 1.165) is 18.5 Å². The molecule has 14 heavy (non-hydrogen) atoms. The zero-order valence-corrected chi connectivity index (χ0v) is 8.88. The van der Waals surface area contributed by atoms with Gasteiger partial charge in [0, 0.05) is 18.5 Å². The van der Waals surface area contributed by atoms with E-state index in [2.05, 4.69) is 37.8 Å². The van der Waals surface area contributed by atoms with E-state index in [1.54, 1.807) is 0 Å². The molecule has 2 N–H and O–H groups in total. The van der Waals surface area contributed by atoms with Gasteiger partial charge in [-0.15, -0.1) is 11.8 Å². The van der Waals surface area contributed by atoms with Gasteiger partial charge in [-0.25, -0.2) is 0 Å². The van der Waals surface area contributed by atoms with Crippen molar-refractivity contribution in [3.8, 4) is 11.8 Å². The summed E-state index contributed by atoms with van der Waals surface area (Å²) < 4.78 is 0. The van der Waals surface area contributed by atoms with E-state index in [9.17, 15) is 0 Å². The molecule has 0 spiro atoms. The van der Waals surface area contributed by atoms with Crippen molar-refractivity contribution in [3.63, 3.8) is 0 Å². The van der Waals surface area contributed by atoms with Gasteiger partial charge in [-0.3, -0.25) is 0 Å². The van der Waals surface area contributed by atoms with Crippen LogP contribution in [0.1, 0.15) is 38.2 Å². The molecular weight excluding hydrogens is 170 g/mol. The highest BCUT2D eigenvalue weighted by atomic mass is 14.5. The van der Waals surface area contributed by atoms with Crippen LogP contribution < -0.4 is 5.73 Å². The third kappa shape index (κ3) is 3.14. The molecule has 0 aliphatic rings. The van der Waals surface area contributed by atoms with Gasteiger partial charge in [0.15, 0.2) is 0 Å². The zero-order valence-electron chi connectivity index (χ0n) is 8.88. The Morgan fingerprint density at radius 3 is 2.43 bits per heavy atom. The summed E-state index contributed by atoms with van der Waals surface area (Å²) in [6.07, 6.45) is 1.87. The molecule has 1 rings (SSSR count). The number of benzene rings is 1. The van der Waals surface area contributed by atoms with Crippen LogP contribution in [-0.4, -0.2) is 0 Å². The van der Waals surface area contributed by atoms with Crippen molar-refractivity contribution in [1.29, 1.82) is 0 Å². The summed E-state index contributed by atoms with van der Waals surface area (Å²) in [4.78, 5) is 0. The Bertz CT molecular complexity index is 326. The summed E-state index contributed by atoms with van der Waals surface area (Å²) in [5.74, 6) is 6.75. The third-order valence-corrected chi connectivity index (χ3v) is 2.22. The molecule has 0 aliphatic heterocycles. The fourth-order valence-corrected chi connectivity index (χ4v) is 1.29. The van der Waals surface area contributed by atoms with Crippen molar-refractivity contribution in [1.82, 2.24) is 0 Å². The zero-order chi connectivity index (χ0) is 10.4. The molecule has 0 bridgehead atoms. The first-order valence-electron chi connectivity index (χ1n) is 5.05. The first kappa shape index (κ1) is 10.7. The molecule has 0 amide bonds. The highest BCUT2D eigenvalue weighted by Crippen LogP contribution is 2.19. The maximum Gasteiger partial charge on any atom is 0.0314 e. The van der Waals surface area contributed by atoms with Crippen LogP contribution in [-0.2, 0) is 0 Å². The molecule has 0 heterocycles. The fraction of sp³-hybridized carbons (Fsp3) is 0.385. The molecule has 1 atom stereocenters. The van der Waals surface area contributed by atoms with Crippen molar-refractivity contribution in [2.75, 3.05) is 5.73 Å². The Morgan fingerprint density at radius 1 is 1.21 bits per heavy atom. The van der Waals surface area contributed by atoms with Gasteiger partial charge in [0.05, 0.1) is 0 Å². The van der Waals surface area contributed by atoms with E-state index in [1.165, 1.54) is 5.56 Å². The number of hydrogen-bond acceptors (Lipinski definition) is 1. The number of hydrogen-bond donors (Lipinski definition) is 1. The van der Waals surface area contributed by atoms with Gasteiger partial charge in [0.2, 0.25) is 0 Å². The molecule has 0 radical (unpaired) electrons. The molecule has 0 fully saturated rings. The molecular formula is C13H17N. The molecule has 0 saturated heterocycles. The Kier molecular flexibility index (Phi) is 4.07. The van der Waals surface area contributed by atoms with E-state index in [-0.39, 0.29) is 0 Å². The summed E-state index contributed by atoms with van der Waals surface area (Å²) in [5, 5.41) is 0. The number of nitrogen functional groups attached to an aromatic ring is 1. The van der Waals surface area contributed by atoms with E-state index in [0.29, 0.717) is 5.92 Å². The lowest BCUT2D eigenvalue weighted by atomic mass is 9.98. The first-order valence-corrected chi connectivity index (χ1v) is 5.05. The maximum atomic E-state index is 5.62. The topological polar surface area (TPSA) is 26.0 Å². The van der Waals surface area contributed by atoms with E-state index in [1.807, 2.05) is 12.1 Å². The molecule has 1 heteroatoms. The Morgan fingerprint density at radius 2 is 1.86 bits per heavy atom. The normalized spacial score (nSPS) is 11.6. The predicted molar refractivity (Wildman–Crippen MR) is 62.0 cm³/mol. The summed E-state index contributed by atoms with van der Waals surface area (Å²) in [6.45, 7) is 4.26. The minimum absolute atomic E-state index is 0.495. The Balaban J connectivity index is 2.60. The quantitative estimate of drug-likeness (QED) is 0.558. The lowest BCUT2D eigenvalue weighted by Gasteiger charge is -2.07. The lowest BCUT2D eigenvalue weighted by Crippen LogP contribution is -1.92. The van der Waals surface area contributed by atoms with Gasteiger partial charge < -0.3 is 5.73 Å². The second kappa shape index (κ2) is 5.34. The largest absolute Gasteiger partial charge is 0.399 e. The van der Waals surface area contributed by atoms with Crippen LogP contribution in [0.5, 0.6) is 0 Å². The van der Waals surface area contributed by atoms with Gasteiger partial charge in [0.1, 0.15) is 0 Å². The predicted octanol–water partition coefficient (Wildman–Crippen LogP) is 3.18. The monoisotopic (exact) mass is 187 g/mol. The van der Waals surface area contributed by atoms with Gasteiger partial charge in [-0.05, 0) is 23.6 Å². The van der Waals surface area contributed by atoms with E-state index < -0.39 is 0 Å². The summed E-state index contributed by atoms with van der Waals surface area (Å²) in [7, 11) is 0. The molecule has 0 aliphatic carbocycles. The van der Waals surface area contributed by atoms with Crippen LogP contribution in [0.15, 0.2) is 24.3 Å². The van der Waals surface area contributed by atoms with Crippen LogP contribution in [0.3, 0.4) is 0 Å². The van der Waals surface area contributed by atoms with Crippen LogP contribution in [0.25, 0.3) is 0 Å². The average Bonchev–Trinajstić information content (AvgIpc) is 2.19. The van der Waals surface area contributed by atoms with Gasteiger partial charge in [-0.1, -0.05) is 26.0 Å². The highest BCUT2D eigenvalue weighted by molar-refractivity contribution is 5.40. The standard InChI is InChI=1S/C13H17N/c1-3-4-5-6-11(2)12-7-9-13(14)10-8-12/h7-11H,3,6,14H2,1-2H3. The van der Waals surface area contributed by atoms with Crippen LogP contribution >= 0.6 is 0 Å². The molecule has 0 aromatic heterocycles. The van der Waals surface area contributed by atoms with E-state index >= 15 is 0 Å². The van der Waals surface area contributed by atoms with E-state index in [4.69, 9.17) is 5.73 Å². The Hall–Kier alpha value is -1.42. The minimum atomic E-state index is 0.495. The minimum Gasteiger partial charge on any atom is -0.399 e. The third-order valence-electron chi connectivity index (χ3n) is 2.22. The SMILES string of the molecule is CCC#CCC(C)c1ccc(N)cc1. The number of anilines is 1. The highest BCUT2D eigenvalue weighted by Gasteiger charge is 2.02. The summed E-state index contributed by atoms with van der Waals surface area (Å²) in [6, 6.07) is 8.04. The van der Waals surface area contributed by atoms with Gasteiger partial charge in [-0.2, -0.15) is 0 Å². The van der Waals surface area contributed by atoms with Crippen LogP contribution in [0.4, 0.5) is 5.69 Å². The second-order valence-corrected chi connectivity index (χ2v) is 3.48. The van der Waals surface area contributed by atoms with Crippen LogP contribution in [0.2, 0.25) is 0 Å². The smallest absolute Gasteiger partial charge is 0.0314 e. The second-order valence-electron chi connectivity index (χ2n) is 3.48. The fourth-order valence-electron chi connectivity index (χ4n) is 1.29. The van der Waals surface area contributed by atoms with Crippen molar-refractivity contribution < 1.29 is 0 Å². The number of rotatable bonds is 2. The van der Waals surface area contributed by atoms with Gasteiger partial charge >= 0.3 is 0 Å². The molecule has 0 saturated carbocycles. The summed E-state index contributed by atoms with van der Waals surface area (Å²) in [5.41, 5.74) is 7.75. The van der Waals surface area contributed by atoms with Crippen molar-refractivity contribution in [2.24, 2.45) is 0 Å². The van der Waals surface area contributed by atoms with Crippen molar-refractivity contribution >= 4 is 5.69 Å². The molecule has 1 unspecified atom stereocenters. The lowest BCUT2D eigenvalue weighted by molar-refractivity contribution is 0.795. The maximum absolute atomic E-state index is 5.62. The van der Waals surface area contributed by atoms with Gasteiger partial charge in [0.25, 0.3) is 0 Å². The molecule has 74 valence electrons. The van der Waals surface area contributed by atoms with Crippen molar-refractivity contribution in [3.05, 3.63) is 29.8 Å². The Labute approximate surface area is 86.3 Å². The van der Waals surface area contributed by atoms with Crippen molar-refractivity contribution in [2.45, 2.75) is 32.6 Å². The average molecular weight is 187 g/mol. The molecule has 1 aromatic carbocycles. The molecule has 1 nitrogen and oxygen atoms in total. The summed E-state index contributed by atoms with van der Waals surface area (Å²) >= 11 is 0. The van der Waals surface area contributed by atoms with Crippen LogP contribution in [0, 0.1) is 11.8 Å². The molecule has 1 aromatic rings. The first-order chi connectivity index (χ1) is 6.74. The number of nitrogens with two attached hydrogens (primary N) is 1.